The molecule has 0 spiro atoms. The highest BCUT2D eigenvalue weighted by Crippen LogP contribution is 2.77. The molecule has 6 rings (SSSR count). The van der Waals surface area contributed by atoms with E-state index in [0.29, 0.717) is 42.2 Å². The number of aliphatic hydroxyl groups is 1. The predicted octanol–water partition coefficient (Wildman–Crippen LogP) is 7.97. The van der Waals surface area contributed by atoms with E-state index in [0.717, 1.165) is 56.9 Å². The molecule has 5 aliphatic rings. The molecule has 1 aromatic rings. The summed E-state index contributed by atoms with van der Waals surface area (Å²) in [6.07, 6.45) is 10.1. The zero-order chi connectivity index (χ0) is 38.2. The Hall–Kier alpha value is -2.36. The molecule has 4 fully saturated rings. The minimum absolute atomic E-state index is 0.0341. The summed E-state index contributed by atoms with van der Waals surface area (Å²) in [5.74, 6) is 0.541. The first-order valence-corrected chi connectivity index (χ1v) is 20.1. The Bertz CT molecular complexity index is 1620. The van der Waals surface area contributed by atoms with Crippen LogP contribution < -0.4 is 5.32 Å². The average molecular weight is 740 g/mol. The number of esters is 1. The van der Waals surface area contributed by atoms with Gasteiger partial charge >= 0.3 is 11.9 Å². The van der Waals surface area contributed by atoms with Crippen LogP contribution in [-0.4, -0.2) is 56.7 Å². The van der Waals surface area contributed by atoms with Gasteiger partial charge in [-0.25, -0.2) is 9.97 Å². The van der Waals surface area contributed by atoms with Crippen LogP contribution in [0.2, 0.25) is 5.02 Å². The van der Waals surface area contributed by atoms with Gasteiger partial charge in [0.2, 0.25) is 0 Å². The lowest BCUT2D eigenvalue weighted by atomic mass is 9.33. The third kappa shape index (κ3) is 6.07. The van der Waals surface area contributed by atoms with Crippen molar-refractivity contribution >= 4 is 29.3 Å². The van der Waals surface area contributed by atoms with Crippen LogP contribution in [0, 0.1) is 56.2 Å². The number of nitrogens with one attached hydrogen (secondary N) is 1. The number of carbonyl (C=O) groups excluding carboxylic acids is 2. The summed E-state index contributed by atoms with van der Waals surface area (Å²) in [5.41, 5.74) is 0.279. The monoisotopic (exact) mass is 739 g/mol. The lowest BCUT2D eigenvalue weighted by Crippen LogP contribution is -2.66. The van der Waals surface area contributed by atoms with E-state index in [-0.39, 0.29) is 51.8 Å². The number of fused-ring (bicyclic) bond motifs is 7. The molecular weight excluding hydrogens is 678 g/mol. The molecule has 288 valence electrons. The fourth-order valence-corrected chi connectivity index (χ4v) is 13.0. The van der Waals surface area contributed by atoms with Crippen molar-refractivity contribution in [2.75, 3.05) is 6.54 Å². The van der Waals surface area contributed by atoms with Crippen LogP contribution in [0.15, 0.2) is 23.5 Å². The molecule has 10 heteroatoms. The summed E-state index contributed by atoms with van der Waals surface area (Å²) in [5, 5.41) is 25.6. The second-order valence-electron chi connectivity index (χ2n) is 19.5. The van der Waals surface area contributed by atoms with Crippen molar-refractivity contribution in [3.63, 3.8) is 0 Å². The molecular formula is C42H62ClN3O6. The molecule has 9 atom stereocenters. The number of hydrogen-bond acceptors (Lipinski definition) is 8. The first kappa shape index (κ1) is 39.3. The normalized spacial score (nSPS) is 37.5. The van der Waals surface area contributed by atoms with Crippen molar-refractivity contribution in [1.29, 1.82) is 0 Å². The Balaban J connectivity index is 1.26. The minimum Gasteiger partial charge on any atom is -0.481 e. The highest BCUT2D eigenvalue weighted by Gasteiger charge is 2.70. The van der Waals surface area contributed by atoms with Gasteiger partial charge in [0.25, 0.3) is 0 Å². The molecule has 0 aliphatic heterocycles. The van der Waals surface area contributed by atoms with Crippen LogP contribution >= 0.6 is 11.6 Å². The fourth-order valence-electron chi connectivity index (χ4n) is 12.9. The SMILES string of the molecule is CC(C)C1=C2[C@H]3CC[C@@H]4[C@@]5(C)CC[C@H](OC(=O)CC(C)(C)C(=O)O)C(C)(C)[C@@H]5CC[C@@]4(C)[C@]3(C)CC[C@@]2([C@H](O)CNCc2ncc(Cl)cn2)CC1=O. The zero-order valence-electron chi connectivity index (χ0n) is 32.9. The number of aromatic nitrogens is 2. The molecule has 0 amide bonds. The van der Waals surface area contributed by atoms with Gasteiger partial charge in [-0.15, -0.1) is 0 Å². The fraction of sp³-hybridized carbons (Fsp3) is 0.786. The molecule has 4 saturated carbocycles. The molecule has 5 aliphatic carbocycles. The summed E-state index contributed by atoms with van der Waals surface area (Å²) in [6, 6.07) is 0. The number of carbonyl (C=O) groups is 3. The number of rotatable bonds is 10. The summed E-state index contributed by atoms with van der Waals surface area (Å²) in [4.78, 5) is 47.4. The molecule has 0 aromatic carbocycles. The highest BCUT2D eigenvalue weighted by molar-refractivity contribution is 6.30. The third-order valence-electron chi connectivity index (χ3n) is 15.8. The number of carboxylic acid groups (broad SMARTS) is 1. The van der Waals surface area contributed by atoms with Gasteiger partial charge in [0.1, 0.15) is 11.9 Å². The predicted molar refractivity (Wildman–Crippen MR) is 200 cm³/mol. The molecule has 0 bridgehead atoms. The second kappa shape index (κ2) is 13.4. The Morgan fingerprint density at radius 3 is 2.29 bits per heavy atom. The quantitative estimate of drug-likeness (QED) is 0.204. The molecule has 0 saturated heterocycles. The summed E-state index contributed by atoms with van der Waals surface area (Å²) < 4.78 is 6.16. The highest BCUT2D eigenvalue weighted by atomic mass is 35.5. The summed E-state index contributed by atoms with van der Waals surface area (Å²) in [6.45, 7) is 20.3. The van der Waals surface area contributed by atoms with E-state index < -0.39 is 28.9 Å². The van der Waals surface area contributed by atoms with E-state index in [2.05, 4.69) is 63.8 Å². The van der Waals surface area contributed by atoms with Gasteiger partial charge in [-0.05, 0) is 111 Å². The molecule has 3 N–H and O–H groups in total. The maximum Gasteiger partial charge on any atom is 0.309 e. The van der Waals surface area contributed by atoms with Gasteiger partial charge in [-0.2, -0.15) is 0 Å². The third-order valence-corrected chi connectivity index (χ3v) is 16.0. The number of Topliss-reactive ketones (excluding diaryl/α,β-unsaturated/α-hetero) is 1. The molecule has 0 unspecified atom stereocenters. The lowest BCUT2D eigenvalue weighted by Gasteiger charge is -2.72. The van der Waals surface area contributed by atoms with E-state index in [9.17, 15) is 24.6 Å². The van der Waals surface area contributed by atoms with Gasteiger partial charge in [-0.3, -0.25) is 14.4 Å². The Morgan fingerprint density at radius 1 is 0.981 bits per heavy atom. The van der Waals surface area contributed by atoms with Crippen molar-refractivity contribution in [3.8, 4) is 0 Å². The largest absolute Gasteiger partial charge is 0.481 e. The van der Waals surface area contributed by atoms with Crippen molar-refractivity contribution in [2.24, 2.45) is 56.2 Å². The van der Waals surface area contributed by atoms with E-state index in [1.54, 1.807) is 26.2 Å². The van der Waals surface area contributed by atoms with E-state index >= 15 is 0 Å². The van der Waals surface area contributed by atoms with Crippen molar-refractivity contribution in [3.05, 3.63) is 34.4 Å². The number of nitrogens with zero attached hydrogens (tertiary/aromatic N) is 2. The van der Waals surface area contributed by atoms with Gasteiger partial charge in [0.05, 0.1) is 29.5 Å². The topological polar surface area (TPSA) is 139 Å². The number of aliphatic carboxylic acids is 1. The molecule has 9 nitrogen and oxygen atoms in total. The maximum atomic E-state index is 14.0. The van der Waals surface area contributed by atoms with E-state index in [4.69, 9.17) is 16.3 Å². The van der Waals surface area contributed by atoms with Crippen LogP contribution in [0.3, 0.4) is 0 Å². The van der Waals surface area contributed by atoms with Crippen molar-refractivity contribution in [1.82, 2.24) is 15.3 Å². The van der Waals surface area contributed by atoms with Crippen LogP contribution in [0.4, 0.5) is 0 Å². The standard InChI is InChI=1S/C42H62ClN3O6/c1-24(2)34-27(47)18-42(30(48)22-44-23-32-45-20-25(43)21-46-32)17-16-40(8)26(35(34)42)10-11-29-39(7)14-13-31(52-33(49)19-37(3,4)36(50)51)38(5,6)28(39)12-15-41(29,40)9/h20-21,24,26,28-31,44,48H,10-19,22-23H2,1-9H3,(H,50,51)/t26-,28+,29-,30-,31+,39+,40-,41-,42+/m1/s1. The number of allylic oxidation sites excluding steroid dienone is 1. The maximum absolute atomic E-state index is 14.0. The Kier molecular flexibility index (Phi) is 10.2. The molecule has 52 heavy (non-hydrogen) atoms. The Morgan fingerprint density at radius 2 is 1.65 bits per heavy atom. The van der Waals surface area contributed by atoms with Gasteiger partial charge < -0.3 is 20.3 Å². The number of ether oxygens (including phenoxy) is 1. The number of halogens is 1. The number of aliphatic hydroxyl groups excluding tert-OH is 1. The number of carboxylic acids is 1. The average Bonchev–Trinajstić information content (AvgIpc) is 3.36. The van der Waals surface area contributed by atoms with Crippen LogP contribution in [0.25, 0.3) is 0 Å². The molecule has 1 aromatic heterocycles. The zero-order valence-corrected chi connectivity index (χ0v) is 33.7. The number of ketones is 1. The summed E-state index contributed by atoms with van der Waals surface area (Å²) >= 11 is 5.98. The molecule has 1 heterocycles. The van der Waals surface area contributed by atoms with Gasteiger partial charge in [0, 0.05) is 36.2 Å². The van der Waals surface area contributed by atoms with E-state index in [1.165, 1.54) is 5.57 Å². The summed E-state index contributed by atoms with van der Waals surface area (Å²) in [7, 11) is 0. The van der Waals surface area contributed by atoms with Crippen LogP contribution in [-0.2, 0) is 25.7 Å². The Labute approximate surface area is 315 Å². The first-order valence-electron chi connectivity index (χ1n) is 19.7. The first-order chi connectivity index (χ1) is 24.1. The second-order valence-corrected chi connectivity index (χ2v) is 20.0. The van der Waals surface area contributed by atoms with Gasteiger partial charge in [0.15, 0.2) is 5.78 Å². The lowest BCUT2D eigenvalue weighted by molar-refractivity contribution is -0.235. The van der Waals surface area contributed by atoms with E-state index in [1.807, 2.05) is 0 Å². The smallest absolute Gasteiger partial charge is 0.309 e. The van der Waals surface area contributed by atoms with Crippen molar-refractivity contribution in [2.45, 2.75) is 145 Å². The molecule has 0 radical (unpaired) electrons. The van der Waals surface area contributed by atoms with Crippen LogP contribution in [0.5, 0.6) is 0 Å². The van der Waals surface area contributed by atoms with Crippen LogP contribution in [0.1, 0.15) is 132 Å². The van der Waals surface area contributed by atoms with Crippen molar-refractivity contribution < 1.29 is 29.3 Å². The van der Waals surface area contributed by atoms with Gasteiger partial charge in [-0.1, -0.05) is 65.6 Å². The minimum atomic E-state index is -1.17. The number of hydrogen-bond donors (Lipinski definition) is 3.